The van der Waals surface area contributed by atoms with Crippen LogP contribution in [0, 0.1) is 0 Å². The molecule has 1 aliphatic rings. The van der Waals surface area contributed by atoms with Gasteiger partial charge >= 0.3 is 0 Å². The van der Waals surface area contributed by atoms with Crippen molar-refractivity contribution < 1.29 is 0 Å². The molecule has 100 valence electrons. The van der Waals surface area contributed by atoms with Gasteiger partial charge < -0.3 is 15.1 Å². The smallest absolute Gasteiger partial charge is 0.0340 e. The minimum Gasteiger partial charge on any atom is -0.385 e. The van der Waals surface area contributed by atoms with E-state index in [9.17, 15) is 0 Å². The molecule has 1 fully saturated rings. The van der Waals surface area contributed by atoms with Crippen molar-refractivity contribution in [1.82, 2.24) is 9.80 Å². The number of rotatable bonds is 5. The molecule has 3 heteroatoms. The average Bonchev–Trinajstić information content (AvgIpc) is 2.40. The second-order valence-corrected chi connectivity index (χ2v) is 5.28. The van der Waals surface area contributed by atoms with Crippen LogP contribution >= 0.6 is 0 Å². The number of benzene rings is 1. The predicted octanol–water partition coefficient (Wildman–Crippen LogP) is 2.12. The molecule has 1 aromatic carbocycles. The molecular weight excluding hydrogens is 222 g/mol. The number of likely N-dealkylation sites (N-methyl/N-ethyl adjacent to an activating group) is 1. The molecule has 1 unspecified atom stereocenters. The van der Waals surface area contributed by atoms with E-state index in [2.05, 4.69) is 59.4 Å². The van der Waals surface area contributed by atoms with Crippen molar-refractivity contribution in [3.05, 3.63) is 30.3 Å². The maximum absolute atomic E-state index is 3.47. The first kappa shape index (κ1) is 13.4. The first-order valence-electron chi connectivity index (χ1n) is 6.97. The van der Waals surface area contributed by atoms with Crippen molar-refractivity contribution in [1.29, 1.82) is 0 Å². The van der Waals surface area contributed by atoms with E-state index < -0.39 is 0 Å². The fourth-order valence-corrected chi connectivity index (χ4v) is 2.42. The molecule has 1 aromatic rings. The molecule has 1 N–H and O–H groups in total. The molecule has 1 aliphatic heterocycles. The Balaban J connectivity index is 1.61. The summed E-state index contributed by atoms with van der Waals surface area (Å²) in [6.45, 7) is 8.21. The van der Waals surface area contributed by atoms with Gasteiger partial charge in [0, 0.05) is 37.9 Å². The van der Waals surface area contributed by atoms with Gasteiger partial charge in [-0.3, -0.25) is 0 Å². The Morgan fingerprint density at radius 1 is 1.22 bits per heavy atom. The Morgan fingerprint density at radius 2 is 2.00 bits per heavy atom. The van der Waals surface area contributed by atoms with Crippen molar-refractivity contribution in [3.63, 3.8) is 0 Å². The van der Waals surface area contributed by atoms with E-state index in [0.717, 1.165) is 6.54 Å². The van der Waals surface area contributed by atoms with E-state index in [1.165, 1.54) is 38.3 Å². The summed E-state index contributed by atoms with van der Waals surface area (Å²) in [6, 6.07) is 11.1. The standard InChI is InChI=1S/C15H25N3/c1-14-13-18(12-11-17(14)2)10-6-9-16-15-7-4-3-5-8-15/h3-5,7-8,14,16H,6,9-13H2,1-2H3. The number of nitrogens with zero attached hydrogens (tertiary/aromatic N) is 2. The van der Waals surface area contributed by atoms with Gasteiger partial charge in [-0.05, 0) is 39.1 Å². The Kier molecular flexibility index (Phi) is 5.02. The van der Waals surface area contributed by atoms with Crippen molar-refractivity contribution in [2.24, 2.45) is 0 Å². The SMILES string of the molecule is CC1CN(CCCNc2ccccc2)CCN1C. The summed E-state index contributed by atoms with van der Waals surface area (Å²) in [5, 5.41) is 3.47. The third-order valence-electron chi connectivity index (χ3n) is 3.80. The maximum Gasteiger partial charge on any atom is 0.0340 e. The van der Waals surface area contributed by atoms with Crippen LogP contribution in [-0.2, 0) is 0 Å². The van der Waals surface area contributed by atoms with Gasteiger partial charge in [0.05, 0.1) is 0 Å². The van der Waals surface area contributed by atoms with Crippen LogP contribution in [0.4, 0.5) is 5.69 Å². The zero-order chi connectivity index (χ0) is 12.8. The molecule has 0 aromatic heterocycles. The van der Waals surface area contributed by atoms with Crippen LogP contribution in [-0.4, -0.2) is 55.6 Å². The summed E-state index contributed by atoms with van der Waals surface area (Å²) in [6.07, 6.45) is 1.21. The quantitative estimate of drug-likeness (QED) is 0.804. The number of nitrogens with one attached hydrogen (secondary N) is 1. The lowest BCUT2D eigenvalue weighted by atomic mass is 10.2. The number of para-hydroxylation sites is 1. The monoisotopic (exact) mass is 247 g/mol. The fourth-order valence-electron chi connectivity index (χ4n) is 2.42. The third kappa shape index (κ3) is 4.00. The largest absolute Gasteiger partial charge is 0.385 e. The van der Waals surface area contributed by atoms with Gasteiger partial charge in [-0.25, -0.2) is 0 Å². The highest BCUT2D eigenvalue weighted by Crippen LogP contribution is 2.08. The molecule has 0 amide bonds. The first-order chi connectivity index (χ1) is 8.75. The minimum absolute atomic E-state index is 0.695. The van der Waals surface area contributed by atoms with Gasteiger partial charge in [-0.1, -0.05) is 18.2 Å². The summed E-state index contributed by atoms with van der Waals surface area (Å²) in [5.41, 5.74) is 1.23. The normalized spacial score (nSPS) is 22.0. The van der Waals surface area contributed by atoms with Crippen molar-refractivity contribution >= 4 is 5.69 Å². The van der Waals surface area contributed by atoms with E-state index in [-0.39, 0.29) is 0 Å². The molecule has 1 saturated heterocycles. The van der Waals surface area contributed by atoms with E-state index in [1.54, 1.807) is 0 Å². The van der Waals surface area contributed by atoms with Gasteiger partial charge in [0.15, 0.2) is 0 Å². The molecule has 1 heterocycles. The van der Waals surface area contributed by atoms with E-state index in [1.807, 2.05) is 0 Å². The van der Waals surface area contributed by atoms with Crippen molar-refractivity contribution in [2.75, 3.05) is 45.1 Å². The summed E-state index contributed by atoms with van der Waals surface area (Å²) in [5.74, 6) is 0. The molecule has 18 heavy (non-hydrogen) atoms. The first-order valence-corrected chi connectivity index (χ1v) is 6.97. The van der Waals surface area contributed by atoms with Crippen LogP contribution in [0.25, 0.3) is 0 Å². The van der Waals surface area contributed by atoms with Crippen LogP contribution < -0.4 is 5.32 Å². The summed E-state index contributed by atoms with van der Waals surface area (Å²) in [7, 11) is 2.22. The average molecular weight is 247 g/mol. The zero-order valence-electron chi connectivity index (χ0n) is 11.6. The molecular formula is C15H25N3. The minimum atomic E-state index is 0.695. The second kappa shape index (κ2) is 6.76. The highest BCUT2D eigenvalue weighted by molar-refractivity contribution is 5.42. The summed E-state index contributed by atoms with van der Waals surface area (Å²) in [4.78, 5) is 5.02. The highest BCUT2D eigenvalue weighted by atomic mass is 15.3. The highest BCUT2D eigenvalue weighted by Gasteiger charge is 2.19. The van der Waals surface area contributed by atoms with Crippen molar-refractivity contribution in [3.8, 4) is 0 Å². The molecule has 0 aliphatic carbocycles. The number of hydrogen-bond donors (Lipinski definition) is 1. The van der Waals surface area contributed by atoms with Gasteiger partial charge in [0.1, 0.15) is 0 Å². The van der Waals surface area contributed by atoms with Crippen LogP contribution in [0.3, 0.4) is 0 Å². The lowest BCUT2D eigenvalue weighted by Crippen LogP contribution is -2.50. The number of piperazine rings is 1. The predicted molar refractivity (Wildman–Crippen MR) is 78.1 cm³/mol. The zero-order valence-corrected chi connectivity index (χ0v) is 11.6. The molecule has 0 saturated carbocycles. The van der Waals surface area contributed by atoms with Crippen LogP contribution in [0.1, 0.15) is 13.3 Å². The van der Waals surface area contributed by atoms with E-state index >= 15 is 0 Å². The number of hydrogen-bond acceptors (Lipinski definition) is 3. The summed E-state index contributed by atoms with van der Waals surface area (Å²) >= 11 is 0. The topological polar surface area (TPSA) is 18.5 Å². The lowest BCUT2D eigenvalue weighted by molar-refractivity contribution is 0.105. The van der Waals surface area contributed by atoms with Crippen LogP contribution in [0.5, 0.6) is 0 Å². The van der Waals surface area contributed by atoms with Gasteiger partial charge in [-0.2, -0.15) is 0 Å². The Labute approximate surface area is 111 Å². The Morgan fingerprint density at radius 3 is 2.72 bits per heavy atom. The van der Waals surface area contributed by atoms with Gasteiger partial charge in [0.2, 0.25) is 0 Å². The number of anilines is 1. The fraction of sp³-hybridized carbons (Fsp3) is 0.600. The maximum atomic E-state index is 3.47. The van der Waals surface area contributed by atoms with Crippen molar-refractivity contribution in [2.45, 2.75) is 19.4 Å². The Hall–Kier alpha value is -1.06. The Bertz CT molecular complexity index is 339. The molecule has 1 atom stereocenters. The molecule has 0 spiro atoms. The van der Waals surface area contributed by atoms with E-state index in [0.29, 0.717) is 6.04 Å². The third-order valence-corrected chi connectivity index (χ3v) is 3.80. The van der Waals surface area contributed by atoms with Crippen LogP contribution in [0.2, 0.25) is 0 Å². The van der Waals surface area contributed by atoms with Gasteiger partial charge in [-0.15, -0.1) is 0 Å². The lowest BCUT2D eigenvalue weighted by Gasteiger charge is -2.37. The molecule has 0 radical (unpaired) electrons. The van der Waals surface area contributed by atoms with E-state index in [4.69, 9.17) is 0 Å². The molecule has 2 rings (SSSR count). The second-order valence-electron chi connectivity index (χ2n) is 5.28. The molecule has 3 nitrogen and oxygen atoms in total. The summed E-state index contributed by atoms with van der Waals surface area (Å²) < 4.78 is 0. The van der Waals surface area contributed by atoms with Crippen LogP contribution in [0.15, 0.2) is 30.3 Å². The van der Waals surface area contributed by atoms with Gasteiger partial charge in [0.25, 0.3) is 0 Å². The molecule has 0 bridgehead atoms.